The highest BCUT2D eigenvalue weighted by molar-refractivity contribution is 6.29. The van der Waals surface area contributed by atoms with E-state index in [9.17, 15) is 9.90 Å². The number of nitrogens with zero attached hydrogens (tertiary/aromatic N) is 2. The molecule has 0 saturated carbocycles. The van der Waals surface area contributed by atoms with E-state index in [1.54, 1.807) is 18.2 Å². The van der Waals surface area contributed by atoms with Gasteiger partial charge in [0.2, 0.25) is 5.79 Å². The number of carbonyl (C=O) groups excluding carboxylic acids is 1. The quantitative estimate of drug-likeness (QED) is 0.544. The van der Waals surface area contributed by atoms with Crippen LogP contribution in [0.25, 0.3) is 0 Å². The van der Waals surface area contributed by atoms with Crippen LogP contribution in [0, 0.1) is 0 Å². The molecule has 1 aromatic heterocycles. The maximum atomic E-state index is 11.2. The SMILES string of the molecule is COC(=O)COc1ccc(CC(C)N2CCOC(O)(c3cccc(Cl)n3)C2)cc1. The lowest BCUT2D eigenvalue weighted by molar-refractivity contribution is -0.254. The summed E-state index contributed by atoms with van der Waals surface area (Å²) in [6.45, 7) is 3.41. The zero-order valence-corrected chi connectivity index (χ0v) is 17.3. The molecule has 0 bridgehead atoms. The van der Waals surface area contributed by atoms with Gasteiger partial charge in [0.15, 0.2) is 6.61 Å². The van der Waals surface area contributed by atoms with Crippen LogP contribution in [0.1, 0.15) is 18.2 Å². The molecule has 1 fully saturated rings. The summed E-state index contributed by atoms with van der Waals surface area (Å²) in [5, 5.41) is 11.3. The van der Waals surface area contributed by atoms with E-state index in [-0.39, 0.29) is 12.6 Å². The Morgan fingerprint density at radius 3 is 2.79 bits per heavy atom. The molecule has 156 valence electrons. The van der Waals surface area contributed by atoms with Crippen LogP contribution in [-0.2, 0) is 26.5 Å². The number of esters is 1. The number of hydrogen-bond donors (Lipinski definition) is 1. The molecule has 2 unspecified atom stereocenters. The lowest BCUT2D eigenvalue weighted by Gasteiger charge is -2.41. The van der Waals surface area contributed by atoms with Crippen LogP contribution in [0.2, 0.25) is 5.15 Å². The van der Waals surface area contributed by atoms with E-state index >= 15 is 0 Å². The summed E-state index contributed by atoms with van der Waals surface area (Å²) in [6, 6.07) is 12.9. The van der Waals surface area contributed by atoms with E-state index in [2.05, 4.69) is 21.5 Å². The minimum atomic E-state index is -1.48. The smallest absolute Gasteiger partial charge is 0.343 e. The summed E-state index contributed by atoms with van der Waals surface area (Å²) in [7, 11) is 1.32. The first kappa shape index (κ1) is 21.5. The first-order chi connectivity index (χ1) is 13.9. The van der Waals surface area contributed by atoms with Gasteiger partial charge in [-0.25, -0.2) is 9.78 Å². The Hall–Kier alpha value is -2.19. The molecule has 2 atom stereocenters. The molecule has 29 heavy (non-hydrogen) atoms. The van der Waals surface area contributed by atoms with Gasteiger partial charge in [0.25, 0.3) is 0 Å². The Balaban J connectivity index is 1.60. The van der Waals surface area contributed by atoms with Crippen LogP contribution >= 0.6 is 11.6 Å². The Bertz CT molecular complexity index is 832. The van der Waals surface area contributed by atoms with Gasteiger partial charge < -0.3 is 19.3 Å². The second kappa shape index (κ2) is 9.54. The van der Waals surface area contributed by atoms with E-state index < -0.39 is 11.8 Å². The number of morpholine rings is 1. The maximum absolute atomic E-state index is 11.2. The fourth-order valence-corrected chi connectivity index (χ4v) is 3.45. The minimum absolute atomic E-state index is 0.115. The maximum Gasteiger partial charge on any atom is 0.343 e. The van der Waals surface area contributed by atoms with Gasteiger partial charge in [0.05, 0.1) is 20.3 Å². The van der Waals surface area contributed by atoms with Gasteiger partial charge in [-0.05, 0) is 43.2 Å². The van der Waals surface area contributed by atoms with Gasteiger partial charge in [-0.1, -0.05) is 29.8 Å². The molecule has 8 heteroatoms. The monoisotopic (exact) mass is 420 g/mol. The standard InChI is InChI=1S/C21H25ClN2O5/c1-15(12-16-6-8-17(9-7-16)28-13-20(25)27-2)24-10-11-29-21(26,14-24)18-4-3-5-19(22)23-18/h3-9,15,26H,10-14H2,1-2H3. The van der Waals surface area contributed by atoms with Gasteiger partial charge in [0, 0.05) is 12.6 Å². The molecular formula is C21H25ClN2O5. The molecule has 0 radical (unpaired) electrons. The first-order valence-corrected chi connectivity index (χ1v) is 9.79. The summed E-state index contributed by atoms with van der Waals surface area (Å²) in [4.78, 5) is 17.5. The number of carbonyl (C=O) groups is 1. The molecule has 7 nitrogen and oxygen atoms in total. The number of hydrogen-bond acceptors (Lipinski definition) is 7. The molecule has 2 heterocycles. The van der Waals surface area contributed by atoms with Crippen molar-refractivity contribution in [2.45, 2.75) is 25.2 Å². The average molecular weight is 421 g/mol. The van der Waals surface area contributed by atoms with Gasteiger partial charge in [0.1, 0.15) is 16.6 Å². The number of benzene rings is 1. The normalized spacial score (nSPS) is 20.8. The third-order valence-electron chi connectivity index (χ3n) is 4.91. The van der Waals surface area contributed by atoms with E-state index in [0.29, 0.717) is 36.3 Å². The Morgan fingerprint density at radius 1 is 1.34 bits per heavy atom. The zero-order chi connectivity index (χ0) is 20.9. The zero-order valence-electron chi connectivity index (χ0n) is 16.5. The largest absolute Gasteiger partial charge is 0.482 e. The number of aliphatic hydroxyl groups is 1. The van der Waals surface area contributed by atoms with Crippen LogP contribution in [-0.4, -0.2) is 60.4 Å². The van der Waals surface area contributed by atoms with E-state index in [0.717, 1.165) is 12.0 Å². The van der Waals surface area contributed by atoms with Crippen LogP contribution in [0.4, 0.5) is 0 Å². The summed E-state index contributed by atoms with van der Waals surface area (Å²) >= 11 is 5.97. The highest BCUT2D eigenvalue weighted by Gasteiger charge is 2.39. The van der Waals surface area contributed by atoms with Crippen LogP contribution in [0.3, 0.4) is 0 Å². The molecule has 3 rings (SSSR count). The van der Waals surface area contributed by atoms with E-state index in [1.807, 2.05) is 24.3 Å². The second-order valence-electron chi connectivity index (χ2n) is 7.01. The van der Waals surface area contributed by atoms with Crippen LogP contribution in [0.5, 0.6) is 5.75 Å². The summed E-state index contributed by atoms with van der Waals surface area (Å²) in [5.41, 5.74) is 1.54. The Labute approximate surface area is 175 Å². The highest BCUT2D eigenvalue weighted by atomic mass is 35.5. The van der Waals surface area contributed by atoms with Crippen molar-refractivity contribution in [1.82, 2.24) is 9.88 Å². The Kier molecular flexibility index (Phi) is 7.08. The van der Waals surface area contributed by atoms with Crippen LogP contribution < -0.4 is 4.74 Å². The number of halogens is 1. The molecule has 1 saturated heterocycles. The molecule has 0 amide bonds. The topological polar surface area (TPSA) is 81.1 Å². The molecule has 0 aliphatic carbocycles. The minimum Gasteiger partial charge on any atom is -0.482 e. The lowest BCUT2D eigenvalue weighted by atomic mass is 10.0. The van der Waals surface area contributed by atoms with Crippen molar-refractivity contribution in [3.05, 3.63) is 58.9 Å². The van der Waals surface area contributed by atoms with E-state index in [4.69, 9.17) is 21.1 Å². The predicted octanol–water partition coefficient (Wildman–Crippen LogP) is 2.40. The molecular weight excluding hydrogens is 396 g/mol. The van der Waals surface area contributed by atoms with Crippen molar-refractivity contribution in [3.63, 3.8) is 0 Å². The lowest BCUT2D eigenvalue weighted by Crippen LogP contribution is -2.53. The number of pyridine rings is 1. The molecule has 1 aliphatic rings. The van der Waals surface area contributed by atoms with Crippen molar-refractivity contribution in [3.8, 4) is 5.75 Å². The average Bonchev–Trinajstić information content (AvgIpc) is 2.73. The van der Waals surface area contributed by atoms with Gasteiger partial charge in [-0.3, -0.25) is 4.90 Å². The molecule has 1 aliphatic heterocycles. The summed E-state index contributed by atoms with van der Waals surface area (Å²) in [6.07, 6.45) is 0.788. The third kappa shape index (κ3) is 5.67. The number of rotatable bonds is 7. The fourth-order valence-electron chi connectivity index (χ4n) is 3.28. The Morgan fingerprint density at radius 2 is 2.10 bits per heavy atom. The number of aromatic nitrogens is 1. The summed E-state index contributed by atoms with van der Waals surface area (Å²) < 4.78 is 15.6. The van der Waals surface area contributed by atoms with Crippen molar-refractivity contribution in [1.29, 1.82) is 0 Å². The summed E-state index contributed by atoms with van der Waals surface area (Å²) in [5.74, 6) is -1.29. The van der Waals surface area contributed by atoms with Gasteiger partial charge in [-0.15, -0.1) is 0 Å². The molecule has 2 aromatic rings. The first-order valence-electron chi connectivity index (χ1n) is 9.41. The van der Waals surface area contributed by atoms with Gasteiger partial charge in [-0.2, -0.15) is 0 Å². The van der Waals surface area contributed by atoms with Crippen molar-refractivity contribution >= 4 is 17.6 Å². The van der Waals surface area contributed by atoms with Gasteiger partial charge >= 0.3 is 5.97 Å². The highest BCUT2D eigenvalue weighted by Crippen LogP contribution is 2.28. The van der Waals surface area contributed by atoms with Crippen LogP contribution in [0.15, 0.2) is 42.5 Å². The van der Waals surface area contributed by atoms with Crippen molar-refractivity contribution in [2.24, 2.45) is 0 Å². The number of ether oxygens (including phenoxy) is 3. The molecule has 1 N–H and O–H groups in total. The third-order valence-corrected chi connectivity index (χ3v) is 5.12. The number of methoxy groups -OCH3 is 1. The van der Waals surface area contributed by atoms with Crippen molar-refractivity contribution in [2.75, 3.05) is 33.4 Å². The molecule has 1 aromatic carbocycles. The number of β-amino-alcohol motifs (C(OH)–C–C–N with tert-alkyl or cyclic N) is 1. The van der Waals surface area contributed by atoms with Crippen molar-refractivity contribution < 1.29 is 24.1 Å². The molecule has 0 spiro atoms. The second-order valence-corrected chi connectivity index (χ2v) is 7.40. The predicted molar refractivity (Wildman–Crippen MR) is 108 cm³/mol. The fraction of sp³-hybridized carbons (Fsp3) is 0.429. The van der Waals surface area contributed by atoms with E-state index in [1.165, 1.54) is 7.11 Å².